The second-order valence-corrected chi connectivity index (χ2v) is 7.24. The maximum absolute atomic E-state index is 12.7. The minimum Gasteiger partial charge on any atom is -0.469 e. The second-order valence-electron chi connectivity index (χ2n) is 6.23. The molecular weight excluding hydrogens is 414 g/mol. The number of nitro benzene ring substituents is 1. The van der Waals surface area contributed by atoms with E-state index in [2.05, 4.69) is 4.99 Å². The molecule has 0 bridgehead atoms. The fourth-order valence-electron chi connectivity index (χ4n) is 3.03. The number of amides is 1. The predicted molar refractivity (Wildman–Crippen MR) is 106 cm³/mol. The number of aromatic nitrogens is 1. The van der Waals surface area contributed by atoms with E-state index in [-0.39, 0.29) is 31.0 Å². The molecule has 1 aromatic heterocycles. The van der Waals surface area contributed by atoms with Gasteiger partial charge < -0.3 is 18.8 Å². The molecule has 0 radical (unpaired) electrons. The van der Waals surface area contributed by atoms with E-state index in [9.17, 15) is 19.7 Å². The number of para-hydroxylation sites is 1. The molecule has 1 aliphatic rings. The number of carbonyl (C=O) groups is 2. The molecule has 0 spiro atoms. The number of nitro groups is 1. The van der Waals surface area contributed by atoms with Crippen molar-refractivity contribution in [2.24, 2.45) is 4.99 Å². The van der Waals surface area contributed by atoms with Gasteiger partial charge in [-0.05, 0) is 6.07 Å². The van der Waals surface area contributed by atoms with E-state index in [1.807, 2.05) is 0 Å². The van der Waals surface area contributed by atoms with Crippen LogP contribution in [0, 0.1) is 10.1 Å². The number of ether oxygens (including phenoxy) is 3. The Morgan fingerprint density at radius 2 is 2.00 bits per heavy atom. The van der Waals surface area contributed by atoms with Gasteiger partial charge in [-0.15, -0.1) is 0 Å². The zero-order chi connectivity index (χ0) is 21.3. The van der Waals surface area contributed by atoms with E-state index in [1.54, 1.807) is 16.7 Å². The van der Waals surface area contributed by atoms with Crippen LogP contribution in [0.15, 0.2) is 41.4 Å². The number of fused-ring (bicyclic) bond motifs is 2. The third kappa shape index (κ3) is 3.62. The second kappa shape index (κ2) is 7.95. The average molecular weight is 429 g/mol. The van der Waals surface area contributed by atoms with Crippen molar-refractivity contribution in [3.05, 3.63) is 56.9 Å². The Hall–Kier alpha value is -3.73. The lowest BCUT2D eigenvalue weighted by atomic mass is 10.2. The first-order valence-electron chi connectivity index (χ1n) is 8.80. The van der Waals surface area contributed by atoms with E-state index >= 15 is 0 Å². The van der Waals surface area contributed by atoms with Gasteiger partial charge in [-0.1, -0.05) is 23.5 Å². The zero-order valence-electron chi connectivity index (χ0n) is 15.7. The van der Waals surface area contributed by atoms with Gasteiger partial charge in [-0.3, -0.25) is 19.7 Å². The lowest BCUT2D eigenvalue weighted by Gasteiger charge is -2.05. The van der Waals surface area contributed by atoms with Crippen molar-refractivity contribution in [3.63, 3.8) is 0 Å². The van der Waals surface area contributed by atoms with Crippen LogP contribution in [0.5, 0.6) is 11.5 Å². The molecule has 10 nitrogen and oxygen atoms in total. The van der Waals surface area contributed by atoms with Crippen LogP contribution in [0.2, 0.25) is 0 Å². The minimum absolute atomic E-state index is 0.0592. The molecule has 3 aromatic rings. The number of thiazole rings is 1. The Balaban J connectivity index is 1.84. The standard InChI is InChI=1S/C19H15N3O7S/c1-27-17(23)6-7-21-13-8-14-15(29-10-28-14)9-16(13)30-19(21)20-18(24)11-4-2-3-5-12(11)22(25)26/h2-5,8-9H,6-7,10H2,1H3. The molecule has 0 aliphatic carbocycles. The average Bonchev–Trinajstić information content (AvgIpc) is 3.33. The van der Waals surface area contributed by atoms with Gasteiger partial charge in [0.1, 0.15) is 5.56 Å². The highest BCUT2D eigenvalue weighted by atomic mass is 32.1. The van der Waals surface area contributed by atoms with Gasteiger partial charge in [0.25, 0.3) is 11.6 Å². The largest absolute Gasteiger partial charge is 0.469 e. The minimum atomic E-state index is -0.749. The fraction of sp³-hybridized carbons (Fsp3) is 0.211. The van der Waals surface area contributed by atoms with Crippen molar-refractivity contribution < 1.29 is 28.7 Å². The van der Waals surface area contributed by atoms with Gasteiger partial charge in [-0.25, -0.2) is 0 Å². The molecule has 0 fully saturated rings. The highest BCUT2D eigenvalue weighted by Gasteiger charge is 2.21. The topological polar surface area (TPSA) is 122 Å². The van der Waals surface area contributed by atoms with Crippen molar-refractivity contribution in [2.75, 3.05) is 13.9 Å². The SMILES string of the molecule is COC(=O)CCn1c(=NC(=O)c2ccccc2[N+](=O)[O-])sc2cc3c(cc21)OCO3. The number of hydrogen-bond donors (Lipinski definition) is 0. The molecule has 11 heteroatoms. The smallest absolute Gasteiger partial charge is 0.307 e. The van der Waals surface area contributed by atoms with Crippen LogP contribution >= 0.6 is 11.3 Å². The molecule has 30 heavy (non-hydrogen) atoms. The number of carbonyl (C=O) groups excluding carboxylic acids is 2. The first-order valence-corrected chi connectivity index (χ1v) is 9.62. The molecule has 0 saturated carbocycles. The number of methoxy groups -OCH3 is 1. The molecule has 0 atom stereocenters. The number of rotatable bonds is 5. The molecule has 1 aliphatic heterocycles. The van der Waals surface area contributed by atoms with Gasteiger partial charge in [0.15, 0.2) is 16.3 Å². The number of benzene rings is 2. The van der Waals surface area contributed by atoms with E-state index < -0.39 is 16.8 Å². The monoisotopic (exact) mass is 429 g/mol. The summed E-state index contributed by atoms with van der Waals surface area (Å²) in [5.74, 6) is -0.0524. The molecule has 2 aromatic carbocycles. The van der Waals surface area contributed by atoms with Gasteiger partial charge in [0.05, 0.1) is 28.7 Å². The number of esters is 1. The number of nitrogens with zero attached hydrogens (tertiary/aromatic N) is 3. The quantitative estimate of drug-likeness (QED) is 0.347. The van der Waals surface area contributed by atoms with Crippen LogP contribution in [0.4, 0.5) is 5.69 Å². The van der Waals surface area contributed by atoms with Crippen molar-refractivity contribution >= 4 is 39.1 Å². The van der Waals surface area contributed by atoms with Crippen LogP contribution in [0.3, 0.4) is 0 Å². The Kier molecular flexibility index (Phi) is 5.19. The summed E-state index contributed by atoms with van der Waals surface area (Å²) in [4.78, 5) is 39.4. The third-order valence-corrected chi connectivity index (χ3v) is 5.51. The fourth-order valence-corrected chi connectivity index (χ4v) is 4.09. The Labute approximate surface area is 173 Å². The van der Waals surface area contributed by atoms with Crippen molar-refractivity contribution in [1.29, 1.82) is 0 Å². The molecule has 0 unspecified atom stereocenters. The Bertz CT molecular complexity index is 1240. The van der Waals surface area contributed by atoms with Crippen LogP contribution < -0.4 is 14.3 Å². The molecular formula is C19H15N3O7S. The van der Waals surface area contributed by atoms with Crippen molar-refractivity contribution in [2.45, 2.75) is 13.0 Å². The van der Waals surface area contributed by atoms with Gasteiger partial charge in [0.2, 0.25) is 6.79 Å². The molecule has 0 N–H and O–H groups in total. The van der Waals surface area contributed by atoms with Crippen LogP contribution in [-0.2, 0) is 16.1 Å². The van der Waals surface area contributed by atoms with Gasteiger partial charge in [-0.2, -0.15) is 4.99 Å². The summed E-state index contributed by atoms with van der Waals surface area (Å²) < 4.78 is 18.0. The summed E-state index contributed by atoms with van der Waals surface area (Å²) in [6, 6.07) is 9.13. The van der Waals surface area contributed by atoms with E-state index in [1.165, 1.54) is 42.7 Å². The predicted octanol–water partition coefficient (Wildman–Crippen LogP) is 2.64. The summed E-state index contributed by atoms with van der Waals surface area (Å²) in [5, 5.41) is 11.2. The number of hydrogen-bond acceptors (Lipinski definition) is 8. The molecule has 154 valence electrons. The third-order valence-electron chi connectivity index (χ3n) is 4.47. The summed E-state index contributed by atoms with van der Waals surface area (Å²) in [7, 11) is 1.29. The molecule has 1 amide bonds. The normalized spacial score (nSPS) is 12.9. The summed E-state index contributed by atoms with van der Waals surface area (Å²) in [5.41, 5.74) is 0.255. The highest BCUT2D eigenvalue weighted by molar-refractivity contribution is 7.16. The van der Waals surface area contributed by atoms with Gasteiger partial charge >= 0.3 is 5.97 Å². The van der Waals surface area contributed by atoms with Crippen molar-refractivity contribution in [1.82, 2.24) is 4.57 Å². The van der Waals surface area contributed by atoms with E-state index in [0.29, 0.717) is 21.8 Å². The maximum Gasteiger partial charge on any atom is 0.307 e. The van der Waals surface area contributed by atoms with Crippen LogP contribution in [0.25, 0.3) is 10.2 Å². The molecule has 4 rings (SSSR count). The summed E-state index contributed by atoms with van der Waals surface area (Å²) in [6.45, 7) is 0.317. The Morgan fingerprint density at radius 1 is 1.27 bits per heavy atom. The lowest BCUT2D eigenvalue weighted by Crippen LogP contribution is -2.19. The Morgan fingerprint density at radius 3 is 2.73 bits per heavy atom. The van der Waals surface area contributed by atoms with Crippen molar-refractivity contribution in [3.8, 4) is 11.5 Å². The van der Waals surface area contributed by atoms with Gasteiger partial charge in [0, 0.05) is 24.7 Å². The van der Waals surface area contributed by atoms with E-state index in [4.69, 9.17) is 14.2 Å². The summed E-state index contributed by atoms with van der Waals surface area (Å²) >= 11 is 1.20. The maximum atomic E-state index is 12.7. The first-order chi connectivity index (χ1) is 14.5. The van der Waals surface area contributed by atoms with Crippen LogP contribution in [-0.4, -0.2) is 35.3 Å². The van der Waals surface area contributed by atoms with E-state index in [0.717, 1.165) is 4.70 Å². The lowest BCUT2D eigenvalue weighted by molar-refractivity contribution is -0.385. The zero-order valence-corrected chi connectivity index (χ0v) is 16.5. The van der Waals surface area contributed by atoms with Crippen LogP contribution in [0.1, 0.15) is 16.8 Å². The number of aryl methyl sites for hydroxylation is 1. The summed E-state index contributed by atoms with van der Waals surface area (Å²) in [6.07, 6.45) is 0.0592. The molecule has 2 heterocycles. The molecule has 0 saturated heterocycles. The highest BCUT2D eigenvalue weighted by Crippen LogP contribution is 2.37. The first kappa shape index (κ1) is 19.6.